The summed E-state index contributed by atoms with van der Waals surface area (Å²) >= 11 is 2.47. The molecule has 1 aliphatic rings. The van der Waals surface area contributed by atoms with E-state index in [1.54, 1.807) is 16.3 Å². The Hall–Kier alpha value is 0.501. The van der Waals surface area contributed by atoms with Crippen LogP contribution in [-0.4, -0.2) is 8.07 Å². The van der Waals surface area contributed by atoms with E-state index >= 15 is 0 Å². The van der Waals surface area contributed by atoms with Crippen LogP contribution in [0.15, 0.2) is 41.0 Å². The van der Waals surface area contributed by atoms with Crippen LogP contribution < -0.4 is 42.4 Å². The Morgan fingerprint density at radius 2 is 1.26 bits per heavy atom. The number of allylic oxidation sites excluding steroid dienone is 4. The number of hydrogen-bond acceptors (Lipinski definition) is 0. The zero-order valence-corrected chi connectivity index (χ0v) is 19.8. The first-order valence-corrected chi connectivity index (χ1v) is 11.1. The number of aryl methyl sites for hydroxylation is 2. The van der Waals surface area contributed by atoms with Crippen LogP contribution >= 0.6 is 0 Å². The van der Waals surface area contributed by atoms with Crippen molar-refractivity contribution in [2.45, 2.75) is 51.1 Å². The van der Waals surface area contributed by atoms with Gasteiger partial charge in [0.05, 0.1) is 0 Å². The molecule has 0 bridgehead atoms. The van der Waals surface area contributed by atoms with Crippen molar-refractivity contribution in [2.24, 2.45) is 0 Å². The minimum absolute atomic E-state index is 0. The van der Waals surface area contributed by atoms with Gasteiger partial charge in [0.25, 0.3) is 0 Å². The molecule has 0 amide bonds. The van der Waals surface area contributed by atoms with Crippen molar-refractivity contribution in [1.82, 2.24) is 0 Å². The van der Waals surface area contributed by atoms with Crippen LogP contribution in [-0.2, 0) is 20.4 Å². The second-order valence-electron chi connectivity index (χ2n) is 6.89. The molecule has 0 heterocycles. The second-order valence-corrected chi connectivity index (χ2v) is 13.4. The van der Waals surface area contributed by atoms with Gasteiger partial charge in [-0.05, 0) is 0 Å². The summed E-state index contributed by atoms with van der Waals surface area (Å²) in [4.78, 5) is 0. The van der Waals surface area contributed by atoms with E-state index in [1.165, 1.54) is 16.7 Å². The van der Waals surface area contributed by atoms with Gasteiger partial charge in [-0.1, -0.05) is 0 Å². The van der Waals surface area contributed by atoms with Gasteiger partial charge in [-0.3, -0.25) is 0 Å². The van der Waals surface area contributed by atoms with E-state index in [2.05, 4.69) is 92.4 Å². The minimum Gasteiger partial charge on any atom is -1.00 e. The molecule has 1 unspecified atom stereocenters. The fourth-order valence-electron chi connectivity index (χ4n) is 3.65. The first-order valence-electron chi connectivity index (χ1n) is 7.31. The van der Waals surface area contributed by atoms with Crippen LogP contribution in [0.3, 0.4) is 0 Å². The zero-order chi connectivity index (χ0) is 15.3. The van der Waals surface area contributed by atoms with Crippen molar-refractivity contribution in [1.29, 1.82) is 0 Å². The molecule has 0 fully saturated rings. The molecule has 0 N–H and O–H groups in total. The van der Waals surface area contributed by atoms with E-state index < -0.39 is 8.07 Å². The van der Waals surface area contributed by atoms with Crippen molar-refractivity contribution in [3.8, 4) is 0 Å². The molecule has 23 heavy (non-hydrogen) atoms. The molecule has 2 rings (SSSR count). The van der Waals surface area contributed by atoms with Crippen LogP contribution in [0.4, 0.5) is 0 Å². The van der Waals surface area contributed by atoms with E-state index in [0.717, 1.165) is 0 Å². The third-order valence-electron chi connectivity index (χ3n) is 5.06. The monoisotopic (exact) mass is 422 g/mol. The molecule has 0 aliphatic heterocycles. The van der Waals surface area contributed by atoms with Gasteiger partial charge in [0.1, 0.15) is 0 Å². The Morgan fingerprint density at radius 3 is 1.61 bits per heavy atom. The van der Waals surface area contributed by atoms with Gasteiger partial charge in [-0.25, -0.2) is 0 Å². The molecule has 0 nitrogen and oxygen atoms in total. The van der Waals surface area contributed by atoms with Gasteiger partial charge < -0.3 is 37.2 Å². The standard InChI is InChI=1S/C18H25Si.3ClH.Ti/c1-12-8-13(2)10-17(9-12)19(6,7)18-15(4)11-14(3)16(18)5;;;;/h8-11H,1-7H3;3*1H;/q;;;;+3/p-3. The van der Waals surface area contributed by atoms with Crippen LogP contribution in [0.1, 0.15) is 31.9 Å². The van der Waals surface area contributed by atoms with Crippen molar-refractivity contribution < 1.29 is 57.7 Å². The van der Waals surface area contributed by atoms with Crippen LogP contribution in [0.2, 0.25) is 16.4 Å². The maximum atomic E-state index is 2.53. The molecule has 1 aromatic rings. The summed E-state index contributed by atoms with van der Waals surface area (Å²) in [5, 5.41) is 1.58. The Morgan fingerprint density at radius 1 is 0.826 bits per heavy atom. The Kier molecular flexibility index (Phi) is 9.78. The van der Waals surface area contributed by atoms with Gasteiger partial charge in [0.15, 0.2) is 0 Å². The maximum absolute atomic E-state index is 2.53. The SMILES string of the molecule is CC1=CC(C)=C(C)[C]1([Ti+3])[Si](C)(C)c1cc(C)cc(C)c1.[Cl-].[Cl-].[Cl-]. The van der Waals surface area contributed by atoms with E-state index in [0.29, 0.717) is 0 Å². The molecule has 1 aliphatic carbocycles. The van der Waals surface area contributed by atoms with Crippen molar-refractivity contribution >= 4 is 13.3 Å². The van der Waals surface area contributed by atoms with Gasteiger partial charge in [-0.15, -0.1) is 0 Å². The molecule has 0 radical (unpaired) electrons. The molecule has 0 aromatic heterocycles. The van der Waals surface area contributed by atoms with Gasteiger partial charge in [0.2, 0.25) is 0 Å². The summed E-state index contributed by atoms with van der Waals surface area (Å²) < 4.78 is 0.247. The molecule has 1 aromatic carbocycles. The molecule has 0 saturated heterocycles. The number of hydrogen-bond donors (Lipinski definition) is 0. The summed E-state index contributed by atoms with van der Waals surface area (Å²) in [7, 11) is -1.63. The molecule has 0 saturated carbocycles. The summed E-state index contributed by atoms with van der Waals surface area (Å²) in [6.07, 6.45) is 2.40. The van der Waals surface area contributed by atoms with Crippen LogP contribution in [0, 0.1) is 13.8 Å². The van der Waals surface area contributed by atoms with E-state index in [4.69, 9.17) is 0 Å². The predicted molar refractivity (Wildman–Crippen MR) is 87.9 cm³/mol. The average Bonchev–Trinajstić information content (AvgIpc) is 2.53. The predicted octanol–water partition coefficient (Wildman–Crippen LogP) is -4.23. The summed E-state index contributed by atoms with van der Waals surface area (Å²) in [6, 6.07) is 7.11. The quantitative estimate of drug-likeness (QED) is 0.423. The summed E-state index contributed by atoms with van der Waals surface area (Å²) in [6.45, 7) is 16.4. The first-order chi connectivity index (χ1) is 9.10. The minimum atomic E-state index is -1.63. The third kappa shape index (κ3) is 4.19. The van der Waals surface area contributed by atoms with Gasteiger partial charge in [-0.2, -0.15) is 0 Å². The van der Waals surface area contributed by atoms with Crippen molar-refractivity contribution in [3.05, 3.63) is 52.1 Å². The fraction of sp³-hybridized carbons (Fsp3) is 0.444. The largest absolute Gasteiger partial charge is 1.00 e. The van der Waals surface area contributed by atoms with Crippen LogP contribution in [0.5, 0.6) is 0 Å². The number of benzene rings is 1. The molecule has 1 atom stereocenters. The average molecular weight is 424 g/mol. The maximum Gasteiger partial charge on any atom is -1.00 e. The fourth-order valence-corrected chi connectivity index (χ4v) is 8.55. The van der Waals surface area contributed by atoms with Gasteiger partial charge >= 0.3 is 137 Å². The van der Waals surface area contributed by atoms with E-state index in [9.17, 15) is 0 Å². The molecular formula is C18H25Cl3SiTi. The van der Waals surface area contributed by atoms with E-state index in [-0.39, 0.29) is 40.6 Å². The Labute approximate surface area is 173 Å². The van der Waals surface area contributed by atoms with E-state index in [1.807, 2.05) is 0 Å². The van der Waals surface area contributed by atoms with Crippen LogP contribution in [0.25, 0.3) is 0 Å². The molecule has 5 heteroatoms. The zero-order valence-electron chi connectivity index (χ0n) is 14.9. The van der Waals surface area contributed by atoms with Gasteiger partial charge in [0, 0.05) is 0 Å². The third-order valence-corrected chi connectivity index (χ3v) is 13.6. The summed E-state index contributed by atoms with van der Waals surface area (Å²) in [5.41, 5.74) is 7.37. The smallest absolute Gasteiger partial charge is 1.00 e. The Bertz CT molecular complexity index is 615. The number of rotatable bonds is 2. The van der Waals surface area contributed by atoms with Crippen molar-refractivity contribution in [2.75, 3.05) is 0 Å². The topological polar surface area (TPSA) is 0 Å². The first kappa shape index (κ1) is 25.7. The van der Waals surface area contributed by atoms with Crippen molar-refractivity contribution in [3.63, 3.8) is 0 Å². The summed E-state index contributed by atoms with van der Waals surface area (Å²) in [5.74, 6) is 0. The second kappa shape index (κ2) is 8.74. The number of halogens is 3. The molecule has 0 spiro atoms. The molecule has 126 valence electrons. The normalized spacial score (nSPS) is 20.3. The molecular weight excluding hydrogens is 399 g/mol. The Balaban J connectivity index is 0.